The molecule has 3 heterocycles. The van der Waals surface area contributed by atoms with E-state index < -0.39 is 8.60 Å². The molecule has 31 heavy (non-hydrogen) atoms. The number of nitrogens with zero attached hydrogens (tertiary/aromatic N) is 3. The molecule has 3 aromatic rings. The summed E-state index contributed by atoms with van der Waals surface area (Å²) < 4.78 is 24.2. The van der Waals surface area contributed by atoms with Crippen LogP contribution in [0, 0.1) is 0 Å². The smallest absolute Gasteiger partial charge is 0.329 e. The molecule has 9 nitrogen and oxygen atoms in total. The minimum absolute atomic E-state index is 0.0991. The van der Waals surface area contributed by atoms with Crippen LogP contribution in [0.15, 0.2) is 48.8 Å². The van der Waals surface area contributed by atoms with Gasteiger partial charge in [-0.25, -0.2) is 9.50 Å². The summed E-state index contributed by atoms with van der Waals surface area (Å²) in [6.07, 6.45) is 3.58. The number of ether oxygens (including phenoxy) is 2. The zero-order valence-electron chi connectivity index (χ0n) is 17.2. The first-order valence-corrected chi connectivity index (χ1v) is 11.4. The summed E-state index contributed by atoms with van der Waals surface area (Å²) in [5.74, 6) is 0.438. The number of fused-ring (bicyclic) bond motifs is 1. The Labute approximate surface area is 182 Å². The largest absolute Gasteiger partial charge is 0.382 e. The number of rotatable bonds is 11. The van der Waals surface area contributed by atoms with E-state index in [-0.39, 0.29) is 18.8 Å². The Kier molecular flexibility index (Phi) is 7.80. The first kappa shape index (κ1) is 22.1. The Morgan fingerprint density at radius 1 is 1.13 bits per heavy atom. The highest BCUT2D eigenvalue weighted by Crippen LogP contribution is 2.37. The average Bonchev–Trinajstić information content (AvgIpc) is 3.43. The molecule has 1 aliphatic rings. The molecule has 1 aromatic carbocycles. The van der Waals surface area contributed by atoms with Crippen LogP contribution in [0.5, 0.6) is 0 Å². The van der Waals surface area contributed by atoms with Gasteiger partial charge in [-0.2, -0.15) is 5.10 Å². The van der Waals surface area contributed by atoms with Crippen LogP contribution < -0.4 is 5.73 Å². The maximum atomic E-state index is 9.95. The molecule has 1 saturated heterocycles. The third-order valence-corrected chi connectivity index (χ3v) is 5.84. The lowest BCUT2D eigenvalue weighted by Gasteiger charge is -2.16. The molecule has 3 unspecified atom stereocenters. The maximum Gasteiger partial charge on any atom is 0.329 e. The fourth-order valence-electron chi connectivity index (χ4n) is 3.51. The zero-order chi connectivity index (χ0) is 21.5. The van der Waals surface area contributed by atoms with Gasteiger partial charge in [-0.3, -0.25) is 0 Å². The number of hydrogen-bond acceptors (Lipinski definition) is 8. The molecular formula is C21H27N4O5P. The summed E-state index contributed by atoms with van der Waals surface area (Å²) >= 11 is 0. The van der Waals surface area contributed by atoms with Crippen LogP contribution in [0.1, 0.15) is 36.6 Å². The van der Waals surface area contributed by atoms with Gasteiger partial charge in [0.15, 0.2) is 5.82 Å². The third-order valence-electron chi connectivity index (χ3n) is 5.07. The molecule has 3 atom stereocenters. The topological polar surface area (TPSA) is 113 Å². The fraction of sp³-hybridized carbons (Fsp3) is 0.429. The summed E-state index contributed by atoms with van der Waals surface area (Å²) in [6.45, 7) is 1.79. The Balaban J connectivity index is 1.11. The average molecular weight is 446 g/mol. The van der Waals surface area contributed by atoms with Gasteiger partial charge < -0.3 is 29.1 Å². The minimum atomic E-state index is -1.93. The third kappa shape index (κ3) is 5.98. The van der Waals surface area contributed by atoms with Gasteiger partial charge in [0.1, 0.15) is 17.9 Å². The normalized spacial score (nSPS) is 19.8. The standard InChI is InChI=1S/C21H27N4O5P/c22-21-19-9-8-18(25(19)24-15-23-21)20-10-7-17(30-20)14-29-31(26)28-12-4-11-27-13-16-5-2-1-3-6-16/h1-3,5-6,8-9,15,17,20,26H,4,7,10-14H2,(H2,22,23,24). The molecular weight excluding hydrogens is 419 g/mol. The lowest BCUT2D eigenvalue weighted by Crippen LogP contribution is -2.14. The van der Waals surface area contributed by atoms with Gasteiger partial charge in [0.05, 0.1) is 31.6 Å². The molecule has 166 valence electrons. The van der Waals surface area contributed by atoms with Crippen molar-refractivity contribution >= 4 is 19.9 Å². The monoisotopic (exact) mass is 446 g/mol. The van der Waals surface area contributed by atoms with Crippen molar-refractivity contribution in [1.29, 1.82) is 0 Å². The first-order chi connectivity index (χ1) is 15.2. The molecule has 3 N–H and O–H groups in total. The summed E-state index contributed by atoms with van der Waals surface area (Å²) in [5, 5.41) is 4.27. The Morgan fingerprint density at radius 2 is 2.00 bits per heavy atom. The van der Waals surface area contributed by atoms with E-state index in [4.69, 9.17) is 24.3 Å². The molecule has 1 fully saturated rings. The van der Waals surface area contributed by atoms with E-state index in [2.05, 4.69) is 10.1 Å². The van der Waals surface area contributed by atoms with Crippen molar-refractivity contribution in [3.05, 3.63) is 60.0 Å². The van der Waals surface area contributed by atoms with Crippen molar-refractivity contribution in [2.45, 2.75) is 38.1 Å². The number of hydrogen-bond donors (Lipinski definition) is 2. The van der Waals surface area contributed by atoms with Crippen LogP contribution in [0.2, 0.25) is 0 Å². The van der Waals surface area contributed by atoms with Crippen molar-refractivity contribution in [1.82, 2.24) is 14.6 Å². The second-order valence-electron chi connectivity index (χ2n) is 7.28. The van der Waals surface area contributed by atoms with E-state index in [1.165, 1.54) is 6.33 Å². The molecule has 1 aliphatic heterocycles. The lowest BCUT2D eigenvalue weighted by molar-refractivity contribution is 0.00987. The first-order valence-electron chi connectivity index (χ1n) is 10.3. The van der Waals surface area contributed by atoms with Gasteiger partial charge in [-0.1, -0.05) is 30.3 Å². The van der Waals surface area contributed by atoms with Crippen molar-refractivity contribution < 1.29 is 23.4 Å². The van der Waals surface area contributed by atoms with Crippen LogP contribution in [0.4, 0.5) is 5.82 Å². The molecule has 0 bridgehead atoms. The van der Waals surface area contributed by atoms with Gasteiger partial charge >= 0.3 is 8.60 Å². The van der Waals surface area contributed by atoms with Crippen LogP contribution >= 0.6 is 8.60 Å². The Hall–Kier alpha value is -2.13. The number of anilines is 1. The Bertz CT molecular complexity index is 957. The number of nitrogens with two attached hydrogens (primary N) is 1. The van der Waals surface area contributed by atoms with E-state index in [1.54, 1.807) is 4.52 Å². The highest BCUT2D eigenvalue weighted by molar-refractivity contribution is 7.40. The summed E-state index contributed by atoms with van der Waals surface area (Å²) in [5.41, 5.74) is 8.72. The SMILES string of the molecule is Nc1ncnn2c(C3CCC(COP(O)OCCCOCc4ccccc4)O3)ccc12. The second kappa shape index (κ2) is 10.9. The quantitative estimate of drug-likeness (QED) is 0.340. The molecule has 0 radical (unpaired) electrons. The van der Waals surface area contributed by atoms with Crippen molar-refractivity contribution in [2.24, 2.45) is 0 Å². The molecule has 0 aliphatic carbocycles. The number of benzene rings is 1. The van der Waals surface area contributed by atoms with Crippen LogP contribution in [-0.4, -0.2) is 45.4 Å². The molecule has 0 amide bonds. The van der Waals surface area contributed by atoms with Crippen LogP contribution in [-0.2, 0) is 25.1 Å². The van der Waals surface area contributed by atoms with Crippen LogP contribution in [0.25, 0.3) is 5.52 Å². The van der Waals surface area contributed by atoms with E-state index in [1.807, 2.05) is 42.5 Å². The molecule has 4 rings (SSSR count). The highest BCUT2D eigenvalue weighted by atomic mass is 31.2. The fourth-order valence-corrected chi connectivity index (χ4v) is 4.17. The summed E-state index contributed by atoms with van der Waals surface area (Å²) in [7, 11) is -1.93. The van der Waals surface area contributed by atoms with Gasteiger partial charge in [0.25, 0.3) is 0 Å². The molecule has 0 saturated carbocycles. The van der Waals surface area contributed by atoms with E-state index >= 15 is 0 Å². The molecule has 0 spiro atoms. The van der Waals surface area contributed by atoms with E-state index in [9.17, 15) is 4.89 Å². The number of aromatic nitrogens is 3. The highest BCUT2D eigenvalue weighted by Gasteiger charge is 2.29. The van der Waals surface area contributed by atoms with Gasteiger partial charge in [0, 0.05) is 6.61 Å². The Morgan fingerprint density at radius 3 is 2.87 bits per heavy atom. The second-order valence-corrected chi connectivity index (χ2v) is 8.28. The van der Waals surface area contributed by atoms with Crippen LogP contribution in [0.3, 0.4) is 0 Å². The maximum absolute atomic E-state index is 9.95. The molecule has 10 heteroatoms. The zero-order valence-corrected chi connectivity index (χ0v) is 18.1. The van der Waals surface area contributed by atoms with Crippen molar-refractivity contribution in [3.8, 4) is 0 Å². The summed E-state index contributed by atoms with van der Waals surface area (Å²) in [4.78, 5) is 14.0. The predicted octanol–water partition coefficient (Wildman–Crippen LogP) is 3.39. The van der Waals surface area contributed by atoms with Gasteiger partial charge in [0.2, 0.25) is 0 Å². The summed E-state index contributed by atoms with van der Waals surface area (Å²) in [6, 6.07) is 13.8. The van der Waals surface area contributed by atoms with E-state index in [0.717, 1.165) is 29.6 Å². The van der Waals surface area contributed by atoms with Crippen molar-refractivity contribution in [2.75, 3.05) is 25.6 Å². The van der Waals surface area contributed by atoms with Crippen molar-refractivity contribution in [3.63, 3.8) is 0 Å². The molecule has 2 aromatic heterocycles. The minimum Gasteiger partial charge on any atom is -0.382 e. The van der Waals surface area contributed by atoms with Gasteiger partial charge in [-0.05, 0) is 37.0 Å². The van der Waals surface area contributed by atoms with E-state index in [0.29, 0.717) is 32.1 Å². The lowest BCUT2D eigenvalue weighted by atomic mass is 10.1. The van der Waals surface area contributed by atoms with Gasteiger partial charge in [-0.15, -0.1) is 0 Å². The predicted molar refractivity (Wildman–Crippen MR) is 116 cm³/mol. The number of nitrogen functional groups attached to an aromatic ring is 1.